The highest BCUT2D eigenvalue weighted by Gasteiger charge is 2.45. The monoisotopic (exact) mass is 638 g/mol. The van der Waals surface area contributed by atoms with Crippen LogP contribution in [0, 0.1) is 30.4 Å². The fourth-order valence-electron chi connectivity index (χ4n) is 5.92. The molecule has 2 aliphatic rings. The van der Waals surface area contributed by atoms with E-state index in [9.17, 15) is 18.4 Å². The van der Waals surface area contributed by atoms with E-state index in [-0.39, 0.29) is 44.8 Å². The standard InChI is InChI=1S/C30H29BrF2N6O3/c1-16-3-7-25(42-2)23(11-16)39-13-18(6-8-26(39)40)30(41)38-10-9-19(17-4-5-17)24(38)15-37-14-22(35-36-37)20-12-21(32)27(31)28(33)29(20)34/h3,6-8,11-14,17,19,24H,4-5,9-10,15,34H2,1-2H3. The molecule has 4 aromatic rings. The number of rotatable bonds is 7. The number of carbonyl (C=O) groups is 1. The van der Waals surface area contributed by atoms with E-state index >= 15 is 0 Å². The van der Waals surface area contributed by atoms with Gasteiger partial charge >= 0.3 is 0 Å². The van der Waals surface area contributed by atoms with Gasteiger partial charge in [0, 0.05) is 24.4 Å². The van der Waals surface area contributed by atoms with Crippen LogP contribution in [-0.2, 0) is 6.54 Å². The van der Waals surface area contributed by atoms with Gasteiger partial charge in [-0.3, -0.25) is 14.2 Å². The van der Waals surface area contributed by atoms with Crippen LogP contribution in [-0.4, -0.2) is 50.1 Å². The number of nitrogen functional groups attached to an aromatic ring is 1. The van der Waals surface area contributed by atoms with Gasteiger partial charge in [0.15, 0.2) is 5.82 Å². The van der Waals surface area contributed by atoms with Crippen molar-refractivity contribution in [2.45, 2.75) is 38.8 Å². The third-order valence-corrected chi connectivity index (χ3v) is 8.95. The minimum absolute atomic E-state index is 0.103. The number of hydrogen-bond acceptors (Lipinski definition) is 6. The normalized spacial score (nSPS) is 18.5. The summed E-state index contributed by atoms with van der Waals surface area (Å²) in [5.74, 6) is -0.565. The third-order valence-electron chi connectivity index (χ3n) is 8.23. The van der Waals surface area contributed by atoms with Gasteiger partial charge in [0.1, 0.15) is 17.3 Å². The van der Waals surface area contributed by atoms with Gasteiger partial charge in [-0.15, -0.1) is 5.10 Å². The molecular weight excluding hydrogens is 610 g/mol. The number of anilines is 1. The summed E-state index contributed by atoms with van der Waals surface area (Å²) in [6.45, 7) is 2.84. The van der Waals surface area contributed by atoms with Crippen molar-refractivity contribution in [1.29, 1.82) is 0 Å². The summed E-state index contributed by atoms with van der Waals surface area (Å²) >= 11 is 2.86. The number of aromatic nitrogens is 4. The number of aryl methyl sites for hydroxylation is 1. The molecule has 12 heteroatoms. The Balaban J connectivity index is 1.30. The number of methoxy groups -OCH3 is 1. The lowest BCUT2D eigenvalue weighted by Gasteiger charge is -2.28. The Hall–Kier alpha value is -4.06. The summed E-state index contributed by atoms with van der Waals surface area (Å²) in [6, 6.07) is 9.41. The molecule has 1 amide bonds. The van der Waals surface area contributed by atoms with Crippen LogP contribution in [0.5, 0.6) is 5.75 Å². The zero-order valence-electron chi connectivity index (χ0n) is 23.1. The van der Waals surface area contributed by atoms with Crippen molar-refractivity contribution in [1.82, 2.24) is 24.5 Å². The molecule has 6 rings (SSSR count). The zero-order valence-corrected chi connectivity index (χ0v) is 24.6. The molecule has 42 heavy (non-hydrogen) atoms. The molecule has 9 nitrogen and oxygen atoms in total. The Labute approximate surface area is 249 Å². The molecule has 2 aromatic heterocycles. The molecule has 2 unspecified atom stereocenters. The van der Waals surface area contributed by atoms with Crippen LogP contribution in [0.4, 0.5) is 14.5 Å². The number of likely N-dealkylation sites (tertiary alicyclic amines) is 1. The maximum Gasteiger partial charge on any atom is 0.255 e. The number of carbonyl (C=O) groups excluding carboxylic acids is 1. The zero-order chi connectivity index (χ0) is 29.7. The highest BCUT2D eigenvalue weighted by molar-refractivity contribution is 9.10. The molecule has 0 radical (unpaired) electrons. The quantitative estimate of drug-likeness (QED) is 0.226. The minimum atomic E-state index is -0.898. The number of ether oxygens (including phenoxy) is 1. The second-order valence-corrected chi connectivity index (χ2v) is 11.7. The minimum Gasteiger partial charge on any atom is -0.495 e. The smallest absolute Gasteiger partial charge is 0.255 e. The molecule has 1 aliphatic carbocycles. The van der Waals surface area contributed by atoms with Crippen molar-refractivity contribution in [2.24, 2.45) is 11.8 Å². The lowest BCUT2D eigenvalue weighted by molar-refractivity contribution is 0.0691. The van der Waals surface area contributed by atoms with Gasteiger partial charge < -0.3 is 15.4 Å². The molecule has 1 saturated carbocycles. The van der Waals surface area contributed by atoms with E-state index in [2.05, 4.69) is 26.2 Å². The van der Waals surface area contributed by atoms with Gasteiger partial charge in [-0.05, 0) is 83.8 Å². The van der Waals surface area contributed by atoms with Crippen LogP contribution in [0.15, 0.2) is 58.1 Å². The van der Waals surface area contributed by atoms with Gasteiger partial charge in [0.25, 0.3) is 11.5 Å². The fraction of sp³-hybridized carbons (Fsp3) is 0.333. The largest absolute Gasteiger partial charge is 0.495 e. The maximum absolute atomic E-state index is 14.4. The van der Waals surface area contributed by atoms with Crippen LogP contribution in [0.25, 0.3) is 16.9 Å². The van der Waals surface area contributed by atoms with E-state index in [0.29, 0.717) is 36.0 Å². The highest BCUT2D eigenvalue weighted by Crippen LogP contribution is 2.45. The number of halogens is 3. The Morgan fingerprint density at radius 2 is 1.93 bits per heavy atom. The van der Waals surface area contributed by atoms with Gasteiger partial charge in [-0.2, -0.15) is 0 Å². The molecule has 3 heterocycles. The average molecular weight is 640 g/mol. The highest BCUT2D eigenvalue weighted by atomic mass is 79.9. The van der Waals surface area contributed by atoms with E-state index in [1.165, 1.54) is 17.7 Å². The van der Waals surface area contributed by atoms with E-state index in [1.807, 2.05) is 24.0 Å². The molecule has 0 spiro atoms. The number of hydrogen-bond donors (Lipinski definition) is 1. The molecule has 2 N–H and O–H groups in total. The first-order valence-electron chi connectivity index (χ1n) is 13.7. The second-order valence-electron chi connectivity index (χ2n) is 10.9. The van der Waals surface area contributed by atoms with E-state index in [1.54, 1.807) is 29.2 Å². The number of benzene rings is 2. The molecule has 1 saturated heterocycles. The van der Waals surface area contributed by atoms with E-state index in [4.69, 9.17) is 10.5 Å². The van der Waals surface area contributed by atoms with Crippen molar-refractivity contribution in [3.05, 3.63) is 86.4 Å². The van der Waals surface area contributed by atoms with Gasteiger partial charge in [-0.25, -0.2) is 13.5 Å². The van der Waals surface area contributed by atoms with Crippen molar-refractivity contribution >= 4 is 27.5 Å². The van der Waals surface area contributed by atoms with Crippen molar-refractivity contribution < 1.29 is 18.3 Å². The molecule has 1 aliphatic heterocycles. The topological polar surface area (TPSA) is 108 Å². The van der Waals surface area contributed by atoms with Crippen LogP contribution in [0.3, 0.4) is 0 Å². The first-order valence-corrected chi connectivity index (χ1v) is 14.5. The number of nitrogens with zero attached hydrogens (tertiary/aromatic N) is 5. The van der Waals surface area contributed by atoms with Gasteiger partial charge in [0.2, 0.25) is 0 Å². The summed E-state index contributed by atoms with van der Waals surface area (Å²) in [6.07, 6.45) is 6.23. The maximum atomic E-state index is 14.4. The second kappa shape index (κ2) is 11.0. The first-order chi connectivity index (χ1) is 20.2. The molecule has 218 valence electrons. The summed E-state index contributed by atoms with van der Waals surface area (Å²) in [7, 11) is 1.54. The van der Waals surface area contributed by atoms with Crippen LogP contribution in [0.2, 0.25) is 0 Å². The van der Waals surface area contributed by atoms with Crippen molar-refractivity contribution in [2.75, 3.05) is 19.4 Å². The molecule has 2 fully saturated rings. The summed E-state index contributed by atoms with van der Waals surface area (Å²) in [5.41, 5.74) is 7.62. The predicted molar refractivity (Wildman–Crippen MR) is 156 cm³/mol. The fourth-order valence-corrected chi connectivity index (χ4v) is 6.25. The van der Waals surface area contributed by atoms with Crippen LogP contribution in [0.1, 0.15) is 35.2 Å². The number of amides is 1. The molecular formula is C30H29BrF2N6O3. The van der Waals surface area contributed by atoms with Crippen molar-refractivity contribution in [3.8, 4) is 22.7 Å². The van der Waals surface area contributed by atoms with Crippen molar-refractivity contribution in [3.63, 3.8) is 0 Å². The molecule has 0 bridgehead atoms. The molecule has 2 atom stereocenters. The average Bonchev–Trinajstić information content (AvgIpc) is 3.58. The lowest BCUT2D eigenvalue weighted by Crippen LogP contribution is -2.41. The summed E-state index contributed by atoms with van der Waals surface area (Å²) in [4.78, 5) is 28.7. The number of pyridine rings is 1. The lowest BCUT2D eigenvalue weighted by atomic mass is 9.94. The summed E-state index contributed by atoms with van der Waals surface area (Å²) in [5, 5.41) is 8.33. The Kier molecular flexibility index (Phi) is 7.34. The SMILES string of the molecule is COc1ccc(C)cc1-n1cc(C(=O)N2CCC(C3CC3)C2Cn2cc(-c3cc(F)c(Br)c(F)c3N)nn2)ccc1=O. The Morgan fingerprint density at radius 1 is 1.14 bits per heavy atom. The third kappa shape index (κ3) is 5.08. The molecule has 2 aromatic carbocycles. The van der Waals surface area contributed by atoms with Crippen LogP contribution >= 0.6 is 15.9 Å². The summed E-state index contributed by atoms with van der Waals surface area (Å²) < 4.78 is 36.8. The van der Waals surface area contributed by atoms with E-state index in [0.717, 1.165) is 30.9 Å². The van der Waals surface area contributed by atoms with Crippen LogP contribution < -0.4 is 16.0 Å². The first kappa shape index (κ1) is 28.1. The van der Waals surface area contributed by atoms with E-state index < -0.39 is 11.6 Å². The van der Waals surface area contributed by atoms with Gasteiger partial charge in [-0.1, -0.05) is 11.3 Å². The predicted octanol–water partition coefficient (Wildman–Crippen LogP) is 4.98. The number of nitrogens with two attached hydrogens (primary N) is 1. The van der Waals surface area contributed by atoms with Gasteiger partial charge in [0.05, 0.1) is 47.3 Å². The Bertz CT molecular complexity index is 1750. The Morgan fingerprint density at radius 3 is 2.67 bits per heavy atom.